The topological polar surface area (TPSA) is 9.23 Å². The Morgan fingerprint density at radius 1 is 0.870 bits per heavy atom. The van der Waals surface area contributed by atoms with E-state index in [2.05, 4.69) is 81.4 Å². The molecule has 0 bridgehead atoms. The Bertz CT molecular complexity index is 785. The number of ether oxygens (including phenoxy) is 1. The van der Waals surface area contributed by atoms with Crippen molar-refractivity contribution < 1.29 is 4.74 Å². The molecule has 0 aliphatic heterocycles. The fourth-order valence-corrected chi connectivity index (χ4v) is 3.00. The standard InChI is InChI=1S/C22H24O/c1-4-16(2)19-11-7-12-20(15-19)23-17(3)21-14-8-10-18-9-5-6-13-22(18)21/h5-17H,4H2,1-3H3. The van der Waals surface area contributed by atoms with Gasteiger partial charge in [0.25, 0.3) is 0 Å². The van der Waals surface area contributed by atoms with Gasteiger partial charge in [0.05, 0.1) is 0 Å². The highest BCUT2D eigenvalue weighted by atomic mass is 16.5. The lowest BCUT2D eigenvalue weighted by molar-refractivity contribution is 0.228. The van der Waals surface area contributed by atoms with Gasteiger partial charge in [0.15, 0.2) is 0 Å². The van der Waals surface area contributed by atoms with Crippen LogP contribution >= 0.6 is 0 Å². The van der Waals surface area contributed by atoms with E-state index in [0.717, 1.165) is 12.2 Å². The van der Waals surface area contributed by atoms with Crippen LogP contribution in [0.15, 0.2) is 66.7 Å². The van der Waals surface area contributed by atoms with E-state index in [9.17, 15) is 0 Å². The van der Waals surface area contributed by atoms with Crippen LogP contribution in [0.2, 0.25) is 0 Å². The van der Waals surface area contributed by atoms with Crippen LogP contribution in [-0.2, 0) is 0 Å². The fraction of sp³-hybridized carbons (Fsp3) is 0.273. The second-order valence-electron chi connectivity index (χ2n) is 6.21. The van der Waals surface area contributed by atoms with Crippen LogP contribution in [0.4, 0.5) is 0 Å². The monoisotopic (exact) mass is 304 g/mol. The lowest BCUT2D eigenvalue weighted by Gasteiger charge is -2.18. The van der Waals surface area contributed by atoms with E-state index < -0.39 is 0 Å². The third-order valence-corrected chi connectivity index (χ3v) is 4.61. The Labute approximate surface area is 138 Å². The Balaban J connectivity index is 1.88. The van der Waals surface area contributed by atoms with E-state index in [0.29, 0.717) is 5.92 Å². The zero-order valence-electron chi connectivity index (χ0n) is 14.1. The lowest BCUT2D eigenvalue weighted by Crippen LogP contribution is -2.04. The highest BCUT2D eigenvalue weighted by Gasteiger charge is 2.12. The molecule has 0 fully saturated rings. The molecule has 0 saturated heterocycles. The molecule has 1 nitrogen and oxygen atoms in total. The van der Waals surface area contributed by atoms with Crippen LogP contribution in [0.5, 0.6) is 5.75 Å². The molecule has 3 rings (SSSR count). The van der Waals surface area contributed by atoms with Crippen LogP contribution in [0.1, 0.15) is 50.3 Å². The van der Waals surface area contributed by atoms with Gasteiger partial charge in [0, 0.05) is 0 Å². The van der Waals surface area contributed by atoms with Crippen LogP contribution in [0, 0.1) is 0 Å². The summed E-state index contributed by atoms with van der Waals surface area (Å²) in [7, 11) is 0. The van der Waals surface area contributed by atoms with Crippen LogP contribution in [0.3, 0.4) is 0 Å². The third kappa shape index (κ3) is 3.39. The first-order valence-electron chi connectivity index (χ1n) is 8.43. The average Bonchev–Trinajstić information content (AvgIpc) is 2.60. The molecular formula is C22H24O. The molecule has 0 spiro atoms. The number of rotatable bonds is 5. The maximum absolute atomic E-state index is 6.24. The molecule has 0 aliphatic carbocycles. The van der Waals surface area contributed by atoms with Gasteiger partial charge in [-0.3, -0.25) is 0 Å². The van der Waals surface area contributed by atoms with Crippen molar-refractivity contribution in [1.29, 1.82) is 0 Å². The SMILES string of the molecule is CCC(C)c1cccc(OC(C)c2cccc3ccccc23)c1. The Morgan fingerprint density at radius 2 is 1.61 bits per heavy atom. The van der Waals surface area contributed by atoms with Gasteiger partial charge < -0.3 is 4.74 Å². The van der Waals surface area contributed by atoms with Gasteiger partial charge in [-0.2, -0.15) is 0 Å². The zero-order valence-corrected chi connectivity index (χ0v) is 14.1. The second-order valence-corrected chi connectivity index (χ2v) is 6.21. The van der Waals surface area contributed by atoms with E-state index in [4.69, 9.17) is 4.74 Å². The van der Waals surface area contributed by atoms with Crippen molar-refractivity contribution in [2.24, 2.45) is 0 Å². The normalized spacial score (nSPS) is 13.7. The predicted molar refractivity (Wildman–Crippen MR) is 98.1 cm³/mol. The molecule has 0 N–H and O–H groups in total. The van der Waals surface area contributed by atoms with Crippen LogP contribution < -0.4 is 4.74 Å². The van der Waals surface area contributed by atoms with Crippen molar-refractivity contribution in [3.05, 3.63) is 77.9 Å². The second kappa shape index (κ2) is 6.87. The van der Waals surface area contributed by atoms with E-state index in [1.807, 2.05) is 6.07 Å². The summed E-state index contributed by atoms with van der Waals surface area (Å²) in [5.41, 5.74) is 2.58. The third-order valence-electron chi connectivity index (χ3n) is 4.61. The van der Waals surface area contributed by atoms with Crippen molar-refractivity contribution in [3.63, 3.8) is 0 Å². The van der Waals surface area contributed by atoms with Crippen molar-refractivity contribution in [2.45, 2.75) is 39.2 Å². The highest BCUT2D eigenvalue weighted by molar-refractivity contribution is 5.85. The van der Waals surface area contributed by atoms with Crippen molar-refractivity contribution >= 4 is 10.8 Å². The molecular weight excluding hydrogens is 280 g/mol. The largest absolute Gasteiger partial charge is 0.486 e. The molecule has 0 amide bonds. The Hall–Kier alpha value is -2.28. The number of hydrogen-bond acceptors (Lipinski definition) is 1. The van der Waals surface area contributed by atoms with E-state index in [-0.39, 0.29) is 6.10 Å². The van der Waals surface area contributed by atoms with E-state index in [1.165, 1.54) is 21.9 Å². The molecule has 23 heavy (non-hydrogen) atoms. The van der Waals surface area contributed by atoms with Gasteiger partial charge >= 0.3 is 0 Å². The quantitative estimate of drug-likeness (QED) is 0.523. The minimum Gasteiger partial charge on any atom is -0.486 e. The van der Waals surface area contributed by atoms with Gasteiger partial charge in [-0.25, -0.2) is 0 Å². The predicted octanol–water partition coefficient (Wildman–Crippen LogP) is 6.49. The number of benzene rings is 3. The van der Waals surface area contributed by atoms with Crippen molar-refractivity contribution in [2.75, 3.05) is 0 Å². The highest BCUT2D eigenvalue weighted by Crippen LogP contribution is 2.29. The molecule has 1 heteroatoms. The fourth-order valence-electron chi connectivity index (χ4n) is 3.00. The summed E-state index contributed by atoms with van der Waals surface area (Å²) in [4.78, 5) is 0. The van der Waals surface area contributed by atoms with Gasteiger partial charge in [-0.05, 0) is 53.3 Å². The molecule has 0 aliphatic rings. The summed E-state index contributed by atoms with van der Waals surface area (Å²) in [6, 6.07) is 23.4. The summed E-state index contributed by atoms with van der Waals surface area (Å²) in [6.45, 7) is 6.60. The molecule has 0 heterocycles. The van der Waals surface area contributed by atoms with E-state index in [1.54, 1.807) is 0 Å². The summed E-state index contributed by atoms with van der Waals surface area (Å²) < 4.78 is 6.24. The minimum absolute atomic E-state index is 0.0216. The van der Waals surface area contributed by atoms with Crippen LogP contribution in [-0.4, -0.2) is 0 Å². The summed E-state index contributed by atoms with van der Waals surface area (Å²) in [5, 5.41) is 2.52. The molecule has 3 aromatic rings. The summed E-state index contributed by atoms with van der Waals surface area (Å²) in [6.07, 6.45) is 1.16. The summed E-state index contributed by atoms with van der Waals surface area (Å²) >= 11 is 0. The lowest BCUT2D eigenvalue weighted by atomic mass is 9.98. The molecule has 3 aromatic carbocycles. The first-order chi connectivity index (χ1) is 11.2. The van der Waals surface area contributed by atoms with Gasteiger partial charge in [0.1, 0.15) is 11.9 Å². The van der Waals surface area contributed by atoms with Gasteiger partial charge in [-0.15, -0.1) is 0 Å². The maximum atomic E-state index is 6.24. The first kappa shape index (κ1) is 15.6. The van der Waals surface area contributed by atoms with Crippen LogP contribution in [0.25, 0.3) is 10.8 Å². The molecule has 0 radical (unpaired) electrons. The molecule has 2 atom stereocenters. The molecule has 118 valence electrons. The Kier molecular flexibility index (Phi) is 4.66. The zero-order chi connectivity index (χ0) is 16.2. The first-order valence-corrected chi connectivity index (χ1v) is 8.43. The minimum atomic E-state index is 0.0216. The molecule has 2 unspecified atom stereocenters. The van der Waals surface area contributed by atoms with Crippen molar-refractivity contribution in [1.82, 2.24) is 0 Å². The van der Waals surface area contributed by atoms with Gasteiger partial charge in [-0.1, -0.05) is 68.4 Å². The maximum Gasteiger partial charge on any atom is 0.122 e. The summed E-state index contributed by atoms with van der Waals surface area (Å²) in [5.74, 6) is 1.51. The average molecular weight is 304 g/mol. The smallest absolute Gasteiger partial charge is 0.122 e. The van der Waals surface area contributed by atoms with E-state index >= 15 is 0 Å². The van der Waals surface area contributed by atoms with Gasteiger partial charge in [0.2, 0.25) is 0 Å². The van der Waals surface area contributed by atoms with Crippen molar-refractivity contribution in [3.8, 4) is 5.75 Å². The number of fused-ring (bicyclic) bond motifs is 1. The molecule has 0 aromatic heterocycles. The number of hydrogen-bond donors (Lipinski definition) is 0. The Morgan fingerprint density at radius 3 is 2.43 bits per heavy atom. The molecule has 0 saturated carbocycles.